The van der Waals surface area contributed by atoms with Gasteiger partial charge in [0.2, 0.25) is 0 Å². The smallest absolute Gasteiger partial charge is 0.0303 e. The van der Waals surface area contributed by atoms with Crippen molar-refractivity contribution in [1.29, 1.82) is 0 Å². The van der Waals surface area contributed by atoms with Crippen molar-refractivity contribution in [3.63, 3.8) is 0 Å². The topological polar surface area (TPSA) is 12.9 Å². The number of rotatable bonds is 5. The molecule has 1 aromatic carbocycles. The molecule has 1 nitrogen and oxygen atoms in total. The summed E-state index contributed by atoms with van der Waals surface area (Å²) in [6.45, 7) is 2.14. The molecule has 0 bridgehead atoms. The van der Waals surface area contributed by atoms with Crippen LogP contribution >= 0.6 is 0 Å². The molecule has 1 aliphatic rings. The van der Waals surface area contributed by atoms with Gasteiger partial charge in [0.25, 0.3) is 0 Å². The van der Waals surface area contributed by atoms with Crippen molar-refractivity contribution in [3.8, 4) is 0 Å². The Balaban J connectivity index is 1.58. The molecule has 0 N–H and O–H groups in total. The van der Waals surface area contributed by atoms with Gasteiger partial charge in [-0.2, -0.15) is 0 Å². The van der Waals surface area contributed by atoms with Crippen LogP contribution in [0.25, 0.3) is 0 Å². The monoisotopic (exact) mass is 293 g/mol. The molecule has 2 aromatic rings. The summed E-state index contributed by atoms with van der Waals surface area (Å²) in [4.78, 5) is 4.46. The predicted octanol–water partition coefficient (Wildman–Crippen LogP) is 5.49. The Morgan fingerprint density at radius 3 is 2.41 bits per heavy atom. The summed E-state index contributed by atoms with van der Waals surface area (Å²) >= 11 is 0. The van der Waals surface area contributed by atoms with Gasteiger partial charge in [0.1, 0.15) is 0 Å². The molecule has 0 radical (unpaired) electrons. The lowest BCUT2D eigenvalue weighted by atomic mass is 9.85. The number of nitrogens with zero attached hydrogens (tertiary/aromatic N) is 1. The first-order valence-corrected chi connectivity index (χ1v) is 8.78. The van der Waals surface area contributed by atoms with Crippen LogP contribution in [-0.4, -0.2) is 4.98 Å². The SMILES string of the molecule is Cc1ccc(Cc2cncc(CCC3CCCCC3)c2)cc1. The van der Waals surface area contributed by atoms with Gasteiger partial charge in [0.15, 0.2) is 0 Å². The Kier molecular flexibility index (Phi) is 5.26. The van der Waals surface area contributed by atoms with Crippen molar-refractivity contribution in [2.45, 2.75) is 58.3 Å². The molecule has 0 unspecified atom stereocenters. The van der Waals surface area contributed by atoms with Crippen LogP contribution in [-0.2, 0) is 12.8 Å². The largest absolute Gasteiger partial charge is 0.264 e. The van der Waals surface area contributed by atoms with Crippen LogP contribution in [0, 0.1) is 12.8 Å². The quantitative estimate of drug-likeness (QED) is 0.710. The van der Waals surface area contributed by atoms with Crippen LogP contribution in [0.3, 0.4) is 0 Å². The molecule has 3 rings (SSSR count). The lowest BCUT2D eigenvalue weighted by molar-refractivity contribution is 0.339. The zero-order chi connectivity index (χ0) is 15.2. The summed E-state index contributed by atoms with van der Waals surface area (Å²) in [6, 6.07) is 11.2. The van der Waals surface area contributed by atoms with Gasteiger partial charge in [0, 0.05) is 12.4 Å². The normalized spacial score (nSPS) is 15.9. The highest BCUT2D eigenvalue weighted by molar-refractivity contribution is 5.28. The average molecular weight is 293 g/mol. The molecule has 116 valence electrons. The van der Waals surface area contributed by atoms with Crippen LogP contribution in [0.5, 0.6) is 0 Å². The van der Waals surface area contributed by atoms with E-state index in [0.29, 0.717) is 0 Å². The summed E-state index contributed by atoms with van der Waals surface area (Å²) in [5.74, 6) is 0.953. The van der Waals surface area contributed by atoms with Crippen LogP contribution in [0.2, 0.25) is 0 Å². The molecule has 1 saturated carbocycles. The first-order chi connectivity index (χ1) is 10.8. The molecule has 1 heteroatoms. The second-order valence-corrected chi connectivity index (χ2v) is 6.91. The third kappa shape index (κ3) is 4.43. The number of hydrogen-bond acceptors (Lipinski definition) is 1. The molecule has 1 aliphatic carbocycles. The highest BCUT2D eigenvalue weighted by Gasteiger charge is 2.13. The summed E-state index contributed by atoms with van der Waals surface area (Å²) < 4.78 is 0. The van der Waals surface area contributed by atoms with Gasteiger partial charge in [0.05, 0.1) is 0 Å². The molecule has 0 saturated heterocycles. The van der Waals surface area contributed by atoms with Crippen molar-refractivity contribution in [2.75, 3.05) is 0 Å². The van der Waals surface area contributed by atoms with Crippen LogP contribution in [0.4, 0.5) is 0 Å². The van der Waals surface area contributed by atoms with Crippen molar-refractivity contribution >= 4 is 0 Å². The van der Waals surface area contributed by atoms with E-state index >= 15 is 0 Å². The summed E-state index contributed by atoms with van der Waals surface area (Å²) in [5, 5.41) is 0. The molecule has 0 spiro atoms. The molecule has 0 aliphatic heterocycles. The van der Waals surface area contributed by atoms with E-state index in [1.54, 1.807) is 0 Å². The van der Waals surface area contributed by atoms with Gasteiger partial charge in [-0.15, -0.1) is 0 Å². The Hall–Kier alpha value is -1.63. The van der Waals surface area contributed by atoms with Crippen molar-refractivity contribution < 1.29 is 0 Å². The van der Waals surface area contributed by atoms with E-state index in [-0.39, 0.29) is 0 Å². The Morgan fingerprint density at radius 1 is 0.909 bits per heavy atom. The van der Waals surface area contributed by atoms with Crippen LogP contribution in [0.1, 0.15) is 60.8 Å². The molecular weight excluding hydrogens is 266 g/mol. The number of pyridine rings is 1. The van der Waals surface area contributed by atoms with Crippen LogP contribution in [0.15, 0.2) is 42.7 Å². The molecule has 1 aromatic heterocycles. The van der Waals surface area contributed by atoms with E-state index in [2.05, 4.69) is 48.4 Å². The lowest BCUT2D eigenvalue weighted by Gasteiger charge is -2.21. The van der Waals surface area contributed by atoms with Gasteiger partial charge in [-0.25, -0.2) is 0 Å². The molecule has 1 heterocycles. The minimum absolute atomic E-state index is 0.953. The van der Waals surface area contributed by atoms with E-state index in [1.165, 1.54) is 67.2 Å². The molecule has 22 heavy (non-hydrogen) atoms. The summed E-state index contributed by atoms with van der Waals surface area (Å²) in [5.41, 5.74) is 5.44. The van der Waals surface area contributed by atoms with Gasteiger partial charge >= 0.3 is 0 Å². The predicted molar refractivity (Wildman–Crippen MR) is 93.1 cm³/mol. The standard InChI is InChI=1S/C21H27N/c1-17-7-9-19(10-8-17)13-21-14-20(15-22-16-21)12-11-18-5-3-2-4-6-18/h7-10,14-16,18H,2-6,11-13H2,1H3. The zero-order valence-corrected chi connectivity index (χ0v) is 13.7. The molecular formula is C21H27N. The fourth-order valence-corrected chi connectivity index (χ4v) is 3.56. The van der Waals surface area contributed by atoms with Gasteiger partial charge < -0.3 is 0 Å². The lowest BCUT2D eigenvalue weighted by Crippen LogP contribution is -2.07. The highest BCUT2D eigenvalue weighted by Crippen LogP contribution is 2.27. The fraction of sp³-hybridized carbons (Fsp3) is 0.476. The van der Waals surface area contributed by atoms with Gasteiger partial charge in [-0.05, 0) is 48.8 Å². The van der Waals surface area contributed by atoms with Crippen LogP contribution < -0.4 is 0 Å². The second kappa shape index (κ2) is 7.58. The number of aromatic nitrogens is 1. The number of aryl methyl sites for hydroxylation is 2. The number of benzene rings is 1. The van der Waals surface area contributed by atoms with Crippen molar-refractivity contribution in [1.82, 2.24) is 4.98 Å². The van der Waals surface area contributed by atoms with E-state index in [1.807, 2.05) is 6.20 Å². The van der Waals surface area contributed by atoms with E-state index in [4.69, 9.17) is 0 Å². The van der Waals surface area contributed by atoms with Crippen molar-refractivity contribution in [2.24, 2.45) is 5.92 Å². The Morgan fingerprint density at radius 2 is 1.64 bits per heavy atom. The van der Waals surface area contributed by atoms with Gasteiger partial charge in [-0.3, -0.25) is 4.98 Å². The number of hydrogen-bond donors (Lipinski definition) is 0. The second-order valence-electron chi connectivity index (χ2n) is 6.91. The minimum atomic E-state index is 0.953. The van der Waals surface area contributed by atoms with E-state index in [0.717, 1.165) is 12.3 Å². The zero-order valence-electron chi connectivity index (χ0n) is 13.7. The first-order valence-electron chi connectivity index (χ1n) is 8.78. The third-order valence-corrected chi connectivity index (χ3v) is 4.95. The van der Waals surface area contributed by atoms with Crippen molar-refractivity contribution in [3.05, 3.63) is 65.0 Å². The van der Waals surface area contributed by atoms with E-state index in [9.17, 15) is 0 Å². The summed E-state index contributed by atoms with van der Waals surface area (Å²) in [6.07, 6.45) is 14.8. The maximum Gasteiger partial charge on any atom is 0.0303 e. The first kappa shape index (κ1) is 15.3. The fourth-order valence-electron chi connectivity index (χ4n) is 3.56. The summed E-state index contributed by atoms with van der Waals surface area (Å²) in [7, 11) is 0. The molecule has 0 atom stereocenters. The maximum absolute atomic E-state index is 4.46. The maximum atomic E-state index is 4.46. The Labute approximate surface area is 134 Å². The third-order valence-electron chi connectivity index (χ3n) is 4.95. The molecule has 1 fully saturated rings. The highest BCUT2D eigenvalue weighted by atomic mass is 14.6. The minimum Gasteiger partial charge on any atom is -0.264 e. The van der Waals surface area contributed by atoms with E-state index < -0.39 is 0 Å². The molecule has 0 amide bonds. The van der Waals surface area contributed by atoms with Gasteiger partial charge in [-0.1, -0.05) is 68.0 Å². The average Bonchev–Trinajstić information content (AvgIpc) is 2.57. The Bertz CT molecular complexity index is 579.